The van der Waals surface area contributed by atoms with Crippen molar-refractivity contribution in [1.29, 1.82) is 0 Å². The highest BCUT2D eigenvalue weighted by Gasteiger charge is 2.14. The Labute approximate surface area is 140 Å². The fourth-order valence-electron chi connectivity index (χ4n) is 2.71. The van der Waals surface area contributed by atoms with Gasteiger partial charge in [0.1, 0.15) is 5.76 Å². The van der Waals surface area contributed by atoms with Crippen LogP contribution in [0.1, 0.15) is 50.4 Å². The maximum Gasteiger partial charge on any atom is 0.106 e. The quantitative estimate of drug-likeness (QED) is 0.587. The second-order valence-corrected chi connectivity index (χ2v) is 6.49. The summed E-state index contributed by atoms with van der Waals surface area (Å²) < 4.78 is 5.62. The summed E-state index contributed by atoms with van der Waals surface area (Å²) in [7, 11) is 0. The number of nitrogens with one attached hydrogen (secondary N) is 1. The van der Waals surface area contributed by atoms with Gasteiger partial charge in [-0.1, -0.05) is 62.8 Å². The van der Waals surface area contributed by atoms with Gasteiger partial charge in [-0.3, -0.25) is 0 Å². The zero-order valence-electron chi connectivity index (χ0n) is 14.4. The lowest BCUT2D eigenvalue weighted by molar-refractivity contribution is 0.399. The molecule has 0 saturated heterocycles. The third kappa shape index (κ3) is 6.87. The van der Waals surface area contributed by atoms with Gasteiger partial charge in [-0.05, 0) is 43.0 Å². The molecule has 2 nitrogen and oxygen atoms in total. The molecule has 0 aliphatic rings. The topological polar surface area (TPSA) is 25.2 Å². The first-order valence-corrected chi connectivity index (χ1v) is 8.71. The largest absolute Gasteiger partial charge is 0.469 e. The minimum atomic E-state index is 0.526. The first-order chi connectivity index (χ1) is 11.3. The zero-order chi connectivity index (χ0) is 16.3. The molecule has 2 aromatic rings. The molecule has 2 rings (SSSR count). The van der Waals surface area contributed by atoms with Crippen molar-refractivity contribution in [2.45, 2.75) is 39.0 Å². The van der Waals surface area contributed by atoms with Crippen LogP contribution >= 0.6 is 0 Å². The molecule has 1 N–H and O–H groups in total. The Kier molecular flexibility index (Phi) is 7.68. The number of hydrogen-bond acceptors (Lipinski definition) is 2. The zero-order valence-corrected chi connectivity index (χ0v) is 14.4. The van der Waals surface area contributed by atoms with Crippen LogP contribution in [-0.2, 0) is 0 Å². The van der Waals surface area contributed by atoms with Crippen LogP contribution in [0.5, 0.6) is 0 Å². The number of rotatable bonds is 10. The van der Waals surface area contributed by atoms with Crippen molar-refractivity contribution < 1.29 is 4.42 Å². The first kappa shape index (κ1) is 17.6. The van der Waals surface area contributed by atoms with E-state index in [-0.39, 0.29) is 0 Å². The maximum atomic E-state index is 5.62. The average Bonchev–Trinajstić information content (AvgIpc) is 3.08. The fourth-order valence-corrected chi connectivity index (χ4v) is 2.71. The number of furan rings is 1. The average molecular weight is 311 g/mol. The van der Waals surface area contributed by atoms with Crippen LogP contribution in [0, 0.1) is 5.92 Å². The normalized spacial score (nSPS) is 13.0. The maximum absolute atomic E-state index is 5.62. The molecular formula is C21H29NO. The Hall–Kier alpha value is -1.80. The SMILES string of the molecule is CC(C)CC[C@@H](CCNC/C=C/c1ccccc1)c1ccco1. The van der Waals surface area contributed by atoms with Crippen molar-refractivity contribution in [1.82, 2.24) is 5.32 Å². The van der Waals surface area contributed by atoms with Crippen molar-refractivity contribution in [2.75, 3.05) is 13.1 Å². The standard InChI is InChI=1S/C21H29NO/c1-18(2)12-13-20(21-11-7-17-23-21)14-16-22-15-6-10-19-8-4-3-5-9-19/h3-11,17-18,20,22H,12-16H2,1-2H3/b10-6+/t20-/m0/s1. The van der Waals surface area contributed by atoms with Gasteiger partial charge in [0.05, 0.1) is 6.26 Å². The first-order valence-electron chi connectivity index (χ1n) is 8.71. The minimum absolute atomic E-state index is 0.526. The summed E-state index contributed by atoms with van der Waals surface area (Å²) in [6, 6.07) is 14.5. The molecule has 0 amide bonds. The summed E-state index contributed by atoms with van der Waals surface area (Å²) in [5.74, 6) is 2.40. The Morgan fingerprint density at radius 2 is 1.83 bits per heavy atom. The van der Waals surface area contributed by atoms with Crippen molar-refractivity contribution in [3.8, 4) is 0 Å². The molecule has 2 heteroatoms. The Balaban J connectivity index is 1.70. The summed E-state index contributed by atoms with van der Waals surface area (Å²) in [5.41, 5.74) is 1.25. The molecule has 124 valence electrons. The monoisotopic (exact) mass is 311 g/mol. The second kappa shape index (κ2) is 10.1. The summed E-state index contributed by atoms with van der Waals surface area (Å²) in [4.78, 5) is 0. The van der Waals surface area contributed by atoms with Gasteiger partial charge >= 0.3 is 0 Å². The van der Waals surface area contributed by atoms with Gasteiger partial charge in [0.25, 0.3) is 0 Å². The molecule has 0 fully saturated rings. The van der Waals surface area contributed by atoms with E-state index in [2.05, 4.69) is 61.6 Å². The molecule has 1 aromatic carbocycles. The molecule has 1 heterocycles. The van der Waals surface area contributed by atoms with Crippen molar-refractivity contribution >= 4 is 6.08 Å². The van der Waals surface area contributed by atoms with E-state index >= 15 is 0 Å². The molecule has 1 atom stereocenters. The summed E-state index contributed by atoms with van der Waals surface area (Å²) in [6.45, 7) is 6.49. The van der Waals surface area contributed by atoms with E-state index in [0.717, 1.165) is 31.2 Å². The Morgan fingerprint density at radius 3 is 2.52 bits per heavy atom. The molecular weight excluding hydrogens is 282 g/mol. The van der Waals surface area contributed by atoms with Gasteiger partial charge < -0.3 is 9.73 Å². The van der Waals surface area contributed by atoms with Crippen LogP contribution in [0.25, 0.3) is 6.08 Å². The van der Waals surface area contributed by atoms with Gasteiger partial charge in [0.2, 0.25) is 0 Å². The lowest BCUT2D eigenvalue weighted by Gasteiger charge is -2.16. The van der Waals surface area contributed by atoms with Crippen LogP contribution < -0.4 is 5.32 Å². The van der Waals surface area contributed by atoms with Crippen LogP contribution in [0.2, 0.25) is 0 Å². The molecule has 0 aliphatic heterocycles. The highest BCUT2D eigenvalue weighted by Crippen LogP contribution is 2.26. The van der Waals surface area contributed by atoms with Gasteiger partial charge in [-0.15, -0.1) is 0 Å². The highest BCUT2D eigenvalue weighted by atomic mass is 16.3. The smallest absolute Gasteiger partial charge is 0.106 e. The van der Waals surface area contributed by atoms with E-state index in [1.807, 2.05) is 12.1 Å². The van der Waals surface area contributed by atoms with Crippen molar-refractivity contribution in [3.63, 3.8) is 0 Å². The molecule has 1 aromatic heterocycles. The predicted octanol–water partition coefficient (Wildman–Crippen LogP) is 5.49. The molecule has 0 saturated carbocycles. The minimum Gasteiger partial charge on any atom is -0.469 e. The van der Waals surface area contributed by atoms with Crippen LogP contribution in [0.3, 0.4) is 0 Å². The fraction of sp³-hybridized carbons (Fsp3) is 0.429. The Morgan fingerprint density at radius 1 is 1.00 bits per heavy atom. The third-order valence-electron chi connectivity index (χ3n) is 4.08. The van der Waals surface area contributed by atoms with Crippen molar-refractivity contribution in [2.24, 2.45) is 5.92 Å². The summed E-state index contributed by atoms with van der Waals surface area (Å²) in [6.07, 6.45) is 9.71. The summed E-state index contributed by atoms with van der Waals surface area (Å²) in [5, 5.41) is 3.51. The molecule has 0 radical (unpaired) electrons. The number of hydrogen-bond donors (Lipinski definition) is 1. The van der Waals surface area contributed by atoms with E-state index in [0.29, 0.717) is 5.92 Å². The van der Waals surface area contributed by atoms with Gasteiger partial charge in [-0.2, -0.15) is 0 Å². The van der Waals surface area contributed by atoms with E-state index in [4.69, 9.17) is 4.42 Å². The predicted molar refractivity (Wildman–Crippen MR) is 98.5 cm³/mol. The van der Waals surface area contributed by atoms with E-state index < -0.39 is 0 Å². The molecule has 0 aliphatic carbocycles. The van der Waals surface area contributed by atoms with Gasteiger partial charge in [0.15, 0.2) is 0 Å². The van der Waals surface area contributed by atoms with E-state index in [1.165, 1.54) is 18.4 Å². The molecule has 0 bridgehead atoms. The van der Waals surface area contributed by atoms with Crippen molar-refractivity contribution in [3.05, 3.63) is 66.1 Å². The van der Waals surface area contributed by atoms with E-state index in [1.54, 1.807) is 6.26 Å². The number of benzene rings is 1. The molecule has 23 heavy (non-hydrogen) atoms. The molecule has 0 unspecified atom stereocenters. The lowest BCUT2D eigenvalue weighted by atomic mass is 9.93. The molecule has 0 spiro atoms. The van der Waals surface area contributed by atoms with Crippen LogP contribution in [-0.4, -0.2) is 13.1 Å². The van der Waals surface area contributed by atoms with Gasteiger partial charge in [0, 0.05) is 12.5 Å². The Bertz CT molecular complexity index is 542. The van der Waals surface area contributed by atoms with Gasteiger partial charge in [-0.25, -0.2) is 0 Å². The van der Waals surface area contributed by atoms with Crippen LogP contribution in [0.15, 0.2) is 59.2 Å². The van der Waals surface area contributed by atoms with E-state index in [9.17, 15) is 0 Å². The highest BCUT2D eigenvalue weighted by molar-refractivity contribution is 5.48. The lowest BCUT2D eigenvalue weighted by Crippen LogP contribution is -2.17. The van der Waals surface area contributed by atoms with Crippen LogP contribution in [0.4, 0.5) is 0 Å². The second-order valence-electron chi connectivity index (χ2n) is 6.49. The third-order valence-corrected chi connectivity index (χ3v) is 4.08. The summed E-state index contributed by atoms with van der Waals surface area (Å²) >= 11 is 0.